The Morgan fingerprint density at radius 2 is 2.23 bits per heavy atom. The van der Waals surface area contributed by atoms with E-state index in [1.807, 2.05) is 25.1 Å². The summed E-state index contributed by atoms with van der Waals surface area (Å²) in [7, 11) is -0.956. The van der Waals surface area contributed by atoms with Crippen molar-refractivity contribution in [2.24, 2.45) is 5.73 Å². The predicted molar refractivity (Wildman–Crippen MR) is 56.9 cm³/mol. The summed E-state index contributed by atoms with van der Waals surface area (Å²) in [6, 6.07) is 5.69. The second-order valence-corrected chi connectivity index (χ2v) is 5.79. The fourth-order valence-corrected chi connectivity index (χ4v) is 3.91. The maximum absolute atomic E-state index is 11.8. The SMILES string of the molecule is CC1C(N)c2cccc(Br)c2S1=O. The summed E-state index contributed by atoms with van der Waals surface area (Å²) in [5.41, 5.74) is 6.95. The number of fused-ring (bicyclic) bond motifs is 1. The van der Waals surface area contributed by atoms with E-state index in [1.54, 1.807) is 0 Å². The van der Waals surface area contributed by atoms with Crippen molar-refractivity contribution in [3.63, 3.8) is 0 Å². The summed E-state index contributed by atoms with van der Waals surface area (Å²) in [5, 5.41) is 0.0219. The lowest BCUT2D eigenvalue weighted by molar-refractivity contribution is 0.662. The van der Waals surface area contributed by atoms with Crippen molar-refractivity contribution >= 4 is 26.7 Å². The van der Waals surface area contributed by atoms with Gasteiger partial charge in [-0.3, -0.25) is 4.21 Å². The number of hydrogen-bond donors (Lipinski definition) is 1. The van der Waals surface area contributed by atoms with Gasteiger partial charge in [-0.05, 0) is 34.5 Å². The van der Waals surface area contributed by atoms with E-state index in [0.29, 0.717) is 0 Å². The molecule has 0 spiro atoms. The van der Waals surface area contributed by atoms with E-state index < -0.39 is 10.8 Å². The second kappa shape index (κ2) is 3.19. The molecule has 0 radical (unpaired) electrons. The third-order valence-corrected chi connectivity index (χ3v) is 5.15. The molecule has 2 nitrogen and oxygen atoms in total. The average Bonchev–Trinajstić information content (AvgIpc) is 2.33. The average molecular weight is 260 g/mol. The van der Waals surface area contributed by atoms with Crippen LogP contribution < -0.4 is 5.73 Å². The van der Waals surface area contributed by atoms with E-state index >= 15 is 0 Å². The fraction of sp³-hybridized carbons (Fsp3) is 0.333. The molecule has 4 heteroatoms. The van der Waals surface area contributed by atoms with E-state index in [-0.39, 0.29) is 11.3 Å². The fourth-order valence-electron chi connectivity index (χ4n) is 1.57. The van der Waals surface area contributed by atoms with E-state index in [2.05, 4.69) is 15.9 Å². The zero-order chi connectivity index (χ0) is 9.59. The normalized spacial score (nSPS) is 31.8. The first-order valence-electron chi connectivity index (χ1n) is 4.07. The number of halogens is 1. The summed E-state index contributed by atoms with van der Waals surface area (Å²) < 4.78 is 12.7. The summed E-state index contributed by atoms with van der Waals surface area (Å²) >= 11 is 3.39. The van der Waals surface area contributed by atoms with Crippen LogP contribution in [0.2, 0.25) is 0 Å². The maximum atomic E-state index is 11.8. The second-order valence-electron chi connectivity index (χ2n) is 3.19. The minimum absolute atomic E-state index is 0.0219. The van der Waals surface area contributed by atoms with Gasteiger partial charge in [0, 0.05) is 10.5 Å². The molecule has 0 bridgehead atoms. The van der Waals surface area contributed by atoms with Gasteiger partial charge in [0.2, 0.25) is 0 Å². The van der Waals surface area contributed by atoms with Gasteiger partial charge in [0.15, 0.2) is 0 Å². The Hall–Kier alpha value is -0.190. The zero-order valence-corrected chi connectivity index (χ0v) is 9.56. The van der Waals surface area contributed by atoms with E-state index in [1.165, 1.54) is 0 Å². The first-order valence-corrected chi connectivity index (χ1v) is 6.08. The molecule has 1 aromatic rings. The van der Waals surface area contributed by atoms with Crippen LogP contribution in [0.15, 0.2) is 27.6 Å². The van der Waals surface area contributed by atoms with Gasteiger partial charge in [-0.25, -0.2) is 0 Å². The van der Waals surface area contributed by atoms with Gasteiger partial charge in [-0.2, -0.15) is 0 Å². The molecule has 2 rings (SSSR count). The van der Waals surface area contributed by atoms with Crippen LogP contribution in [0.25, 0.3) is 0 Å². The Morgan fingerprint density at radius 1 is 1.54 bits per heavy atom. The van der Waals surface area contributed by atoms with Crippen LogP contribution >= 0.6 is 15.9 Å². The molecule has 1 aliphatic heterocycles. The molecule has 3 atom stereocenters. The Labute approximate surface area is 88.1 Å². The molecule has 0 aromatic heterocycles. The maximum Gasteiger partial charge on any atom is 0.0592 e. The van der Waals surface area contributed by atoms with Gasteiger partial charge in [0.05, 0.1) is 20.9 Å². The molecule has 13 heavy (non-hydrogen) atoms. The lowest BCUT2D eigenvalue weighted by Crippen LogP contribution is -2.19. The number of hydrogen-bond acceptors (Lipinski definition) is 2. The van der Waals surface area contributed by atoms with Gasteiger partial charge in [0.25, 0.3) is 0 Å². The van der Waals surface area contributed by atoms with Crippen LogP contribution in [0.5, 0.6) is 0 Å². The first-order chi connectivity index (χ1) is 6.13. The van der Waals surface area contributed by atoms with Gasteiger partial charge in [-0.15, -0.1) is 0 Å². The highest BCUT2D eigenvalue weighted by Crippen LogP contribution is 2.38. The van der Waals surface area contributed by atoms with Gasteiger partial charge < -0.3 is 5.73 Å². The Bertz CT molecular complexity index is 380. The van der Waals surface area contributed by atoms with E-state index in [4.69, 9.17) is 5.73 Å². The third-order valence-electron chi connectivity index (χ3n) is 2.40. The minimum atomic E-state index is -0.956. The Kier molecular flexibility index (Phi) is 2.30. The van der Waals surface area contributed by atoms with Crippen LogP contribution in [0.4, 0.5) is 0 Å². The predicted octanol–water partition coefficient (Wildman–Crippen LogP) is 1.96. The third kappa shape index (κ3) is 1.28. The smallest absolute Gasteiger partial charge is 0.0592 e. The molecule has 2 N–H and O–H groups in total. The highest BCUT2D eigenvalue weighted by molar-refractivity contribution is 9.10. The van der Waals surface area contributed by atoms with E-state index in [9.17, 15) is 4.21 Å². The molecule has 0 saturated carbocycles. The quantitative estimate of drug-likeness (QED) is 0.774. The first kappa shape index (κ1) is 9.37. The van der Waals surface area contributed by atoms with Crippen molar-refractivity contribution < 1.29 is 4.21 Å². The van der Waals surface area contributed by atoms with Gasteiger partial charge in [0.1, 0.15) is 0 Å². The van der Waals surface area contributed by atoms with Crippen LogP contribution in [0, 0.1) is 0 Å². The van der Waals surface area contributed by atoms with E-state index in [0.717, 1.165) is 14.9 Å². The Morgan fingerprint density at radius 3 is 2.85 bits per heavy atom. The summed E-state index contributed by atoms with van der Waals surface area (Å²) in [5.74, 6) is 0. The van der Waals surface area contributed by atoms with Crippen LogP contribution in [0.1, 0.15) is 18.5 Å². The minimum Gasteiger partial charge on any atom is -0.323 e. The molecule has 1 aromatic carbocycles. The number of rotatable bonds is 0. The zero-order valence-electron chi connectivity index (χ0n) is 7.16. The lowest BCUT2D eigenvalue weighted by Gasteiger charge is -2.06. The molecule has 3 unspecified atom stereocenters. The molecule has 0 aliphatic carbocycles. The summed E-state index contributed by atoms with van der Waals surface area (Å²) in [6.07, 6.45) is 0. The lowest BCUT2D eigenvalue weighted by atomic mass is 10.1. The molecule has 70 valence electrons. The number of nitrogens with two attached hydrogens (primary N) is 1. The highest BCUT2D eigenvalue weighted by Gasteiger charge is 2.34. The molecule has 1 aliphatic rings. The van der Waals surface area contributed by atoms with Crippen LogP contribution in [-0.2, 0) is 10.8 Å². The van der Waals surface area contributed by atoms with Crippen molar-refractivity contribution in [1.82, 2.24) is 0 Å². The largest absolute Gasteiger partial charge is 0.323 e. The molecule has 0 saturated heterocycles. The van der Waals surface area contributed by atoms with Crippen molar-refractivity contribution in [1.29, 1.82) is 0 Å². The Balaban J connectivity index is 2.66. The van der Waals surface area contributed by atoms with Crippen molar-refractivity contribution in [3.8, 4) is 0 Å². The van der Waals surface area contributed by atoms with Gasteiger partial charge >= 0.3 is 0 Å². The molecule has 1 heterocycles. The van der Waals surface area contributed by atoms with Crippen molar-refractivity contribution in [2.45, 2.75) is 23.1 Å². The van der Waals surface area contributed by atoms with Crippen molar-refractivity contribution in [2.75, 3.05) is 0 Å². The molecular weight excluding hydrogens is 250 g/mol. The van der Waals surface area contributed by atoms with Gasteiger partial charge in [-0.1, -0.05) is 12.1 Å². The van der Waals surface area contributed by atoms with Crippen LogP contribution in [-0.4, -0.2) is 9.46 Å². The standard InChI is InChI=1S/C9H10BrNOS/c1-5-8(11)6-3-2-4-7(10)9(6)13(5)12/h2-5,8H,11H2,1H3. The summed E-state index contributed by atoms with van der Waals surface area (Å²) in [4.78, 5) is 0.877. The van der Waals surface area contributed by atoms with Crippen LogP contribution in [0.3, 0.4) is 0 Å². The summed E-state index contributed by atoms with van der Waals surface area (Å²) in [6.45, 7) is 1.92. The van der Waals surface area contributed by atoms with Crippen molar-refractivity contribution in [3.05, 3.63) is 28.2 Å². The molecule has 0 amide bonds. The molecular formula is C9H10BrNOS. The number of benzene rings is 1. The topological polar surface area (TPSA) is 43.1 Å². The monoisotopic (exact) mass is 259 g/mol. The molecule has 0 fully saturated rings. The highest BCUT2D eigenvalue weighted by atomic mass is 79.9.